The van der Waals surface area contributed by atoms with Crippen LogP contribution in [-0.2, 0) is 9.53 Å². The summed E-state index contributed by atoms with van der Waals surface area (Å²) in [5, 5.41) is 0. The molecule has 5 heteroatoms. The van der Waals surface area contributed by atoms with Gasteiger partial charge in [0.2, 0.25) is 5.91 Å². The number of ether oxygens (including phenoxy) is 1. The maximum Gasteiger partial charge on any atom is 0.243 e. The Balaban J connectivity index is 2.21. The third-order valence-corrected chi connectivity index (χ3v) is 5.57. The van der Waals surface area contributed by atoms with Crippen molar-refractivity contribution in [3.05, 3.63) is 0 Å². The van der Waals surface area contributed by atoms with E-state index in [2.05, 4.69) is 25.7 Å². The Labute approximate surface area is 128 Å². The van der Waals surface area contributed by atoms with Crippen molar-refractivity contribution in [3.8, 4) is 0 Å². The number of rotatable bonds is 5. The van der Waals surface area contributed by atoms with E-state index in [0.29, 0.717) is 6.54 Å². The molecule has 0 aromatic heterocycles. The molecule has 0 spiro atoms. The van der Waals surface area contributed by atoms with Crippen molar-refractivity contribution in [3.63, 3.8) is 0 Å². The standard InChI is InChI=1S/C16H31N3O2/c1-7-19(11(2)10-18(5)6)14(20)16(17)12-8-9-21-13(12)15(16,3)4/h11-13H,7-10,17H2,1-6H3. The lowest BCUT2D eigenvalue weighted by atomic mass is 9.47. The van der Waals surface area contributed by atoms with Gasteiger partial charge in [-0.25, -0.2) is 0 Å². The summed E-state index contributed by atoms with van der Waals surface area (Å²) in [6.45, 7) is 10.5. The van der Waals surface area contributed by atoms with Gasteiger partial charge in [0.05, 0.1) is 6.10 Å². The van der Waals surface area contributed by atoms with Crippen LogP contribution < -0.4 is 5.73 Å². The van der Waals surface area contributed by atoms with Gasteiger partial charge in [-0.15, -0.1) is 0 Å². The number of amides is 1. The molecule has 0 aromatic rings. The maximum atomic E-state index is 13.2. The number of carbonyl (C=O) groups is 1. The fourth-order valence-electron chi connectivity index (χ4n) is 4.34. The van der Waals surface area contributed by atoms with E-state index in [-0.39, 0.29) is 29.4 Å². The van der Waals surface area contributed by atoms with Crippen molar-refractivity contribution >= 4 is 5.91 Å². The van der Waals surface area contributed by atoms with E-state index in [0.717, 1.165) is 19.6 Å². The number of nitrogens with two attached hydrogens (primary N) is 1. The molecule has 21 heavy (non-hydrogen) atoms. The third-order valence-electron chi connectivity index (χ3n) is 5.57. The summed E-state index contributed by atoms with van der Waals surface area (Å²) in [7, 11) is 4.06. The fraction of sp³-hybridized carbons (Fsp3) is 0.938. The summed E-state index contributed by atoms with van der Waals surface area (Å²) in [5.74, 6) is 0.261. The van der Waals surface area contributed by atoms with Crippen LogP contribution in [0.2, 0.25) is 0 Å². The van der Waals surface area contributed by atoms with Crippen LogP contribution in [0.25, 0.3) is 0 Å². The van der Waals surface area contributed by atoms with Crippen LogP contribution >= 0.6 is 0 Å². The molecule has 4 atom stereocenters. The summed E-state index contributed by atoms with van der Waals surface area (Å²) < 4.78 is 5.79. The highest BCUT2D eigenvalue weighted by Gasteiger charge is 2.72. The first kappa shape index (κ1) is 16.7. The predicted molar refractivity (Wildman–Crippen MR) is 83.9 cm³/mol. The Bertz CT molecular complexity index is 410. The molecule has 1 heterocycles. The van der Waals surface area contributed by atoms with Crippen LogP contribution in [0.1, 0.15) is 34.1 Å². The zero-order chi connectivity index (χ0) is 16.0. The largest absolute Gasteiger partial charge is 0.377 e. The molecule has 1 aliphatic heterocycles. The Morgan fingerprint density at radius 3 is 2.57 bits per heavy atom. The number of fused-ring (bicyclic) bond motifs is 1. The lowest BCUT2D eigenvalue weighted by Crippen LogP contribution is -2.80. The molecule has 2 N–H and O–H groups in total. The highest BCUT2D eigenvalue weighted by molar-refractivity contribution is 5.90. The van der Waals surface area contributed by atoms with Gasteiger partial charge in [0.25, 0.3) is 0 Å². The first-order valence-electron chi connectivity index (χ1n) is 8.04. The van der Waals surface area contributed by atoms with Crippen LogP contribution in [0.4, 0.5) is 0 Å². The zero-order valence-corrected chi connectivity index (χ0v) is 14.3. The SMILES string of the molecule is CCN(C(=O)C1(N)C2CCOC2C1(C)C)C(C)CN(C)C. The lowest BCUT2D eigenvalue weighted by molar-refractivity contribution is -0.186. The van der Waals surface area contributed by atoms with Crippen LogP contribution in [0, 0.1) is 11.3 Å². The van der Waals surface area contributed by atoms with Crippen molar-refractivity contribution in [1.29, 1.82) is 0 Å². The first-order valence-corrected chi connectivity index (χ1v) is 8.04. The van der Waals surface area contributed by atoms with Gasteiger partial charge in [0, 0.05) is 37.1 Å². The molecular weight excluding hydrogens is 266 g/mol. The van der Waals surface area contributed by atoms with Crippen molar-refractivity contribution in [1.82, 2.24) is 9.80 Å². The quantitative estimate of drug-likeness (QED) is 0.820. The van der Waals surface area contributed by atoms with Gasteiger partial charge in [-0.3, -0.25) is 4.79 Å². The van der Waals surface area contributed by atoms with Crippen LogP contribution in [-0.4, -0.2) is 67.2 Å². The molecular formula is C16H31N3O2. The van der Waals surface area contributed by atoms with E-state index in [1.165, 1.54) is 0 Å². The second-order valence-corrected chi connectivity index (χ2v) is 7.48. The molecule has 1 saturated heterocycles. The molecule has 5 nitrogen and oxygen atoms in total. The minimum atomic E-state index is -0.787. The van der Waals surface area contributed by atoms with Gasteiger partial charge in [-0.2, -0.15) is 0 Å². The highest BCUT2D eigenvalue weighted by Crippen LogP contribution is 2.58. The van der Waals surface area contributed by atoms with Gasteiger partial charge in [-0.1, -0.05) is 13.8 Å². The Hall–Kier alpha value is -0.650. The molecule has 122 valence electrons. The minimum absolute atomic E-state index is 0.0936. The summed E-state index contributed by atoms with van der Waals surface area (Å²) in [5.41, 5.74) is 5.59. The average Bonchev–Trinajstić information content (AvgIpc) is 2.85. The van der Waals surface area contributed by atoms with E-state index in [1.807, 2.05) is 25.9 Å². The molecule has 1 aliphatic carbocycles. The number of carbonyl (C=O) groups excluding carboxylic acids is 1. The lowest BCUT2D eigenvalue weighted by Gasteiger charge is -2.62. The van der Waals surface area contributed by atoms with E-state index in [1.54, 1.807) is 0 Å². The molecule has 2 aliphatic rings. The molecule has 2 rings (SSSR count). The fourth-order valence-corrected chi connectivity index (χ4v) is 4.34. The topological polar surface area (TPSA) is 58.8 Å². The molecule has 4 unspecified atom stereocenters. The average molecular weight is 297 g/mol. The summed E-state index contributed by atoms with van der Waals surface area (Å²) in [6.07, 6.45) is 1.03. The van der Waals surface area contributed by atoms with Gasteiger partial charge >= 0.3 is 0 Å². The summed E-state index contributed by atoms with van der Waals surface area (Å²) in [6, 6.07) is 0.162. The van der Waals surface area contributed by atoms with Crippen LogP contribution in [0.5, 0.6) is 0 Å². The molecule has 1 saturated carbocycles. The third kappa shape index (κ3) is 2.30. The molecule has 0 bridgehead atoms. The van der Waals surface area contributed by atoms with Gasteiger partial charge in [0.15, 0.2) is 0 Å². The normalized spacial score (nSPS) is 35.2. The van der Waals surface area contributed by atoms with E-state index in [9.17, 15) is 4.79 Å². The smallest absolute Gasteiger partial charge is 0.243 e. The second kappa shape index (κ2) is 5.52. The monoisotopic (exact) mass is 297 g/mol. The summed E-state index contributed by atoms with van der Waals surface area (Å²) >= 11 is 0. The van der Waals surface area contributed by atoms with Crippen molar-refractivity contribution < 1.29 is 9.53 Å². The highest BCUT2D eigenvalue weighted by atomic mass is 16.5. The van der Waals surface area contributed by atoms with E-state index >= 15 is 0 Å². The minimum Gasteiger partial charge on any atom is -0.377 e. The number of nitrogens with zero attached hydrogens (tertiary/aromatic N) is 2. The maximum absolute atomic E-state index is 13.2. The number of hydrogen-bond acceptors (Lipinski definition) is 4. The van der Waals surface area contributed by atoms with E-state index < -0.39 is 5.54 Å². The number of hydrogen-bond donors (Lipinski definition) is 1. The second-order valence-electron chi connectivity index (χ2n) is 7.48. The zero-order valence-electron chi connectivity index (χ0n) is 14.3. The van der Waals surface area contributed by atoms with Crippen LogP contribution in [0.3, 0.4) is 0 Å². The molecule has 2 fully saturated rings. The predicted octanol–water partition coefficient (Wildman–Crippen LogP) is 0.927. The van der Waals surface area contributed by atoms with Gasteiger partial charge in [0.1, 0.15) is 5.54 Å². The Morgan fingerprint density at radius 2 is 2.05 bits per heavy atom. The van der Waals surface area contributed by atoms with Crippen LogP contribution in [0.15, 0.2) is 0 Å². The van der Waals surface area contributed by atoms with Crippen molar-refractivity contribution in [2.75, 3.05) is 33.8 Å². The molecule has 0 radical (unpaired) electrons. The summed E-state index contributed by atoms with van der Waals surface area (Å²) in [4.78, 5) is 17.2. The van der Waals surface area contributed by atoms with E-state index in [4.69, 9.17) is 10.5 Å². The first-order chi connectivity index (χ1) is 9.67. The van der Waals surface area contributed by atoms with Crippen molar-refractivity contribution in [2.24, 2.45) is 17.1 Å². The molecule has 1 amide bonds. The van der Waals surface area contributed by atoms with Gasteiger partial charge in [-0.05, 0) is 34.4 Å². The van der Waals surface area contributed by atoms with Crippen molar-refractivity contribution in [2.45, 2.75) is 51.8 Å². The Morgan fingerprint density at radius 1 is 1.43 bits per heavy atom. The Kier molecular flexibility index (Phi) is 4.40. The number of likely N-dealkylation sites (N-methyl/N-ethyl adjacent to an activating group) is 2. The molecule has 0 aromatic carbocycles. The van der Waals surface area contributed by atoms with Gasteiger partial charge < -0.3 is 20.3 Å².